The molecular formula is C29H33ClN4O4S. The molecule has 0 unspecified atom stereocenters. The van der Waals surface area contributed by atoms with Crippen LogP contribution in [-0.2, 0) is 37.8 Å². The molecule has 39 heavy (non-hydrogen) atoms. The molecule has 1 aromatic heterocycles. The molecular weight excluding hydrogens is 536 g/mol. The number of anilines is 2. The van der Waals surface area contributed by atoms with Gasteiger partial charge >= 0.3 is 11.9 Å². The van der Waals surface area contributed by atoms with Crippen LogP contribution in [0.15, 0.2) is 41.8 Å². The van der Waals surface area contributed by atoms with Crippen molar-refractivity contribution < 1.29 is 19.1 Å². The zero-order chi connectivity index (χ0) is 27.6. The molecule has 10 heteroatoms. The number of nitrogens with one attached hydrogen (secondary N) is 3. The van der Waals surface area contributed by atoms with Crippen molar-refractivity contribution in [3.63, 3.8) is 0 Å². The largest absolute Gasteiger partial charge is 0.416 e. The summed E-state index contributed by atoms with van der Waals surface area (Å²) >= 11 is 8.25. The Kier molecular flexibility index (Phi) is 7.84. The van der Waals surface area contributed by atoms with E-state index in [-0.39, 0.29) is 24.8 Å². The predicted molar refractivity (Wildman–Crippen MR) is 154 cm³/mol. The first-order chi connectivity index (χ1) is 18.6. The molecule has 3 aromatic rings. The average Bonchev–Trinajstić information content (AvgIpc) is 3.23. The fourth-order valence-electron chi connectivity index (χ4n) is 4.68. The number of aromatic nitrogens is 1. The summed E-state index contributed by atoms with van der Waals surface area (Å²) in [6.07, 6.45) is 0.629. The van der Waals surface area contributed by atoms with Gasteiger partial charge in [0.15, 0.2) is 5.13 Å². The molecule has 0 amide bonds. The minimum absolute atomic E-state index is 0.000251. The summed E-state index contributed by atoms with van der Waals surface area (Å²) in [5.41, 5.74) is 5.49. The lowest BCUT2D eigenvalue weighted by molar-refractivity contribution is -0.225. The van der Waals surface area contributed by atoms with Crippen LogP contribution in [0.2, 0.25) is 5.02 Å². The fourth-order valence-corrected chi connectivity index (χ4v) is 5.64. The molecule has 1 fully saturated rings. The number of halogens is 1. The molecule has 5 rings (SSSR count). The monoisotopic (exact) mass is 568 g/mol. The van der Waals surface area contributed by atoms with Gasteiger partial charge in [-0.2, -0.15) is 0 Å². The number of carbonyl (C=O) groups is 2. The molecule has 3 N–H and O–H groups in total. The van der Waals surface area contributed by atoms with E-state index in [1.54, 1.807) is 23.5 Å². The van der Waals surface area contributed by atoms with Crippen molar-refractivity contribution in [3.8, 4) is 11.3 Å². The second-order valence-corrected chi connectivity index (χ2v) is 12.3. The smallest absolute Gasteiger partial charge is 0.309 e. The quantitative estimate of drug-likeness (QED) is 0.325. The number of ether oxygens (including phenoxy) is 2. The van der Waals surface area contributed by atoms with Crippen molar-refractivity contribution >= 4 is 45.7 Å². The number of nitrogens with zero attached hydrogens (tertiary/aromatic N) is 1. The third kappa shape index (κ3) is 6.37. The highest BCUT2D eigenvalue weighted by Gasteiger charge is 2.46. The first-order valence-electron chi connectivity index (χ1n) is 13.1. The standard InChI is InChI=1S/C29H33ClN4O4S/c1-28(2,3)16-33-27-34-23(15-39-27)19-6-4-18(5-7-19)14-32-26-20-12-13-31-17-29(21(20)8-9-22(26)30)37-24(35)10-11-25(36)38-29/h4-9,15,31-32H,10-14,16-17H2,1-3H3,(H,33,34). The van der Waals surface area contributed by atoms with Gasteiger partial charge in [0.1, 0.15) is 0 Å². The maximum absolute atomic E-state index is 12.4. The average molecular weight is 569 g/mol. The highest BCUT2D eigenvalue weighted by atomic mass is 35.5. The van der Waals surface area contributed by atoms with Gasteiger partial charge in [0.05, 0.1) is 35.8 Å². The van der Waals surface area contributed by atoms with E-state index in [1.807, 2.05) is 0 Å². The van der Waals surface area contributed by atoms with E-state index in [9.17, 15) is 9.59 Å². The van der Waals surface area contributed by atoms with Crippen LogP contribution in [0, 0.1) is 5.41 Å². The Labute approximate surface area is 237 Å². The van der Waals surface area contributed by atoms with Crippen molar-refractivity contribution in [3.05, 3.63) is 63.5 Å². The van der Waals surface area contributed by atoms with Crippen LogP contribution in [0.25, 0.3) is 11.3 Å². The van der Waals surface area contributed by atoms with Gasteiger partial charge in [-0.15, -0.1) is 11.3 Å². The Morgan fingerprint density at radius 1 is 1.03 bits per heavy atom. The van der Waals surface area contributed by atoms with Gasteiger partial charge in [-0.05, 0) is 41.6 Å². The topological polar surface area (TPSA) is 102 Å². The maximum Gasteiger partial charge on any atom is 0.309 e. The van der Waals surface area contributed by atoms with E-state index in [0.29, 0.717) is 30.1 Å². The van der Waals surface area contributed by atoms with Crippen molar-refractivity contribution in [2.45, 2.75) is 52.4 Å². The Hall–Kier alpha value is -3.14. The molecule has 0 bridgehead atoms. The molecule has 0 atom stereocenters. The molecule has 0 radical (unpaired) electrons. The normalized spacial score (nSPS) is 17.0. The zero-order valence-corrected chi connectivity index (χ0v) is 23.9. The van der Waals surface area contributed by atoms with Crippen LogP contribution >= 0.6 is 22.9 Å². The lowest BCUT2D eigenvalue weighted by Gasteiger charge is -2.32. The first-order valence-corrected chi connectivity index (χ1v) is 14.4. The third-order valence-corrected chi connectivity index (χ3v) is 7.78. The van der Waals surface area contributed by atoms with Gasteiger partial charge in [0.2, 0.25) is 0 Å². The molecule has 8 nitrogen and oxygen atoms in total. The Morgan fingerprint density at radius 3 is 2.44 bits per heavy atom. The molecule has 2 aromatic carbocycles. The number of rotatable bonds is 6. The molecule has 0 aliphatic carbocycles. The minimum Gasteiger partial charge on any atom is -0.416 e. The first kappa shape index (κ1) is 27.4. The molecule has 3 heterocycles. The predicted octanol–water partition coefficient (Wildman–Crippen LogP) is 5.71. The van der Waals surface area contributed by atoms with Crippen LogP contribution in [0.5, 0.6) is 0 Å². The van der Waals surface area contributed by atoms with Crippen molar-refractivity contribution in [2.75, 3.05) is 30.3 Å². The highest BCUT2D eigenvalue weighted by Crippen LogP contribution is 2.40. The molecule has 2 aliphatic rings. The maximum atomic E-state index is 12.4. The number of esters is 2. The lowest BCUT2D eigenvalue weighted by Crippen LogP contribution is -2.43. The number of carbonyl (C=O) groups excluding carboxylic acids is 2. The van der Waals surface area contributed by atoms with Gasteiger partial charge in [0, 0.05) is 29.6 Å². The van der Waals surface area contributed by atoms with Gasteiger partial charge in [-0.1, -0.05) is 56.6 Å². The third-order valence-electron chi connectivity index (χ3n) is 6.67. The molecule has 1 saturated heterocycles. The van der Waals surface area contributed by atoms with Gasteiger partial charge in [-0.3, -0.25) is 9.59 Å². The summed E-state index contributed by atoms with van der Waals surface area (Å²) in [4.78, 5) is 29.4. The molecule has 1 spiro atoms. The summed E-state index contributed by atoms with van der Waals surface area (Å²) < 4.78 is 11.5. The summed E-state index contributed by atoms with van der Waals surface area (Å²) in [5.74, 6) is -2.43. The van der Waals surface area contributed by atoms with Gasteiger partial charge < -0.3 is 25.4 Å². The Balaban J connectivity index is 1.33. The number of fused-ring (bicyclic) bond motifs is 2. The summed E-state index contributed by atoms with van der Waals surface area (Å²) in [7, 11) is 0. The Bertz CT molecular complexity index is 1350. The SMILES string of the molecule is CC(C)(C)CNc1nc(-c2ccc(CNc3c(Cl)ccc4c3CCNCC43OC(=O)CCC(=O)O3)cc2)cs1. The zero-order valence-electron chi connectivity index (χ0n) is 22.4. The van der Waals surface area contributed by atoms with E-state index in [0.717, 1.165) is 39.7 Å². The van der Waals surface area contributed by atoms with Gasteiger partial charge in [0.25, 0.3) is 5.79 Å². The number of hydrogen-bond acceptors (Lipinski definition) is 9. The van der Waals surface area contributed by atoms with Crippen molar-refractivity contribution in [1.29, 1.82) is 0 Å². The van der Waals surface area contributed by atoms with Crippen LogP contribution < -0.4 is 16.0 Å². The van der Waals surface area contributed by atoms with Crippen LogP contribution in [0.1, 0.15) is 50.3 Å². The molecule has 2 aliphatic heterocycles. The second kappa shape index (κ2) is 11.2. The van der Waals surface area contributed by atoms with E-state index in [4.69, 9.17) is 26.1 Å². The lowest BCUT2D eigenvalue weighted by atomic mass is 9.96. The number of benzene rings is 2. The van der Waals surface area contributed by atoms with Gasteiger partial charge in [-0.25, -0.2) is 4.98 Å². The van der Waals surface area contributed by atoms with Crippen LogP contribution in [0.3, 0.4) is 0 Å². The highest BCUT2D eigenvalue weighted by molar-refractivity contribution is 7.14. The van der Waals surface area contributed by atoms with E-state index >= 15 is 0 Å². The number of hydrogen-bond donors (Lipinski definition) is 3. The van der Waals surface area contributed by atoms with E-state index in [2.05, 4.69) is 66.4 Å². The Morgan fingerprint density at radius 2 is 1.74 bits per heavy atom. The van der Waals surface area contributed by atoms with Crippen molar-refractivity contribution in [1.82, 2.24) is 10.3 Å². The summed E-state index contributed by atoms with van der Waals surface area (Å²) in [5, 5.41) is 13.7. The van der Waals surface area contributed by atoms with Crippen LogP contribution in [0.4, 0.5) is 10.8 Å². The van der Waals surface area contributed by atoms with Crippen molar-refractivity contribution in [2.24, 2.45) is 5.41 Å². The second-order valence-electron chi connectivity index (χ2n) is 11.1. The summed E-state index contributed by atoms with van der Waals surface area (Å²) in [6, 6.07) is 11.8. The fraction of sp³-hybridized carbons (Fsp3) is 0.414. The number of thiazole rings is 1. The molecule has 206 valence electrons. The van der Waals surface area contributed by atoms with E-state index < -0.39 is 17.7 Å². The minimum atomic E-state index is -1.51. The van der Waals surface area contributed by atoms with Crippen LogP contribution in [-0.4, -0.2) is 36.6 Å². The summed E-state index contributed by atoms with van der Waals surface area (Å²) in [6.45, 7) is 8.77. The molecule has 0 saturated carbocycles. The van der Waals surface area contributed by atoms with E-state index in [1.165, 1.54) is 0 Å².